The van der Waals surface area contributed by atoms with Gasteiger partial charge in [-0.1, -0.05) is 0 Å². The highest BCUT2D eigenvalue weighted by atomic mass is 16.6. The number of ether oxygens (including phenoxy) is 2. The van der Waals surface area contributed by atoms with E-state index in [1.807, 2.05) is 0 Å². The van der Waals surface area contributed by atoms with Crippen LogP contribution in [0.25, 0.3) is 0 Å². The van der Waals surface area contributed by atoms with E-state index in [1.54, 1.807) is 12.1 Å². The maximum Gasteiger partial charge on any atom is 0.257 e. The Bertz CT molecular complexity index is 288. The average Bonchev–Trinajstić information content (AvgIpc) is 2.17. The van der Waals surface area contributed by atoms with E-state index in [9.17, 15) is 0 Å². The van der Waals surface area contributed by atoms with E-state index < -0.39 is 0 Å². The van der Waals surface area contributed by atoms with Gasteiger partial charge in [0.25, 0.3) is 5.88 Å². The summed E-state index contributed by atoms with van der Waals surface area (Å²) in [4.78, 5) is 4.03. The van der Waals surface area contributed by atoms with E-state index in [0.717, 1.165) is 0 Å². The average molecular weight is 167 g/mol. The van der Waals surface area contributed by atoms with Crippen LogP contribution < -0.4 is 9.47 Å². The summed E-state index contributed by atoms with van der Waals surface area (Å²) in [6.45, 7) is 1.01. The van der Waals surface area contributed by atoms with Crippen LogP contribution in [0.1, 0.15) is 5.69 Å². The molecule has 0 aliphatic carbocycles. The first-order chi connectivity index (χ1) is 5.90. The molecule has 1 aromatic rings. The molecule has 1 aliphatic rings. The third-order valence-electron chi connectivity index (χ3n) is 1.62. The smallest absolute Gasteiger partial charge is 0.257 e. The second-order valence-corrected chi connectivity index (χ2v) is 2.46. The molecule has 0 aromatic carbocycles. The second kappa shape index (κ2) is 2.98. The highest BCUT2D eigenvalue weighted by Crippen LogP contribution is 2.27. The van der Waals surface area contributed by atoms with Gasteiger partial charge < -0.3 is 14.6 Å². The van der Waals surface area contributed by atoms with Crippen molar-refractivity contribution >= 4 is 0 Å². The van der Waals surface area contributed by atoms with Gasteiger partial charge in [-0.05, 0) is 12.1 Å². The minimum absolute atomic E-state index is 0.0728. The molecule has 0 spiro atoms. The fourth-order valence-electron chi connectivity index (χ4n) is 1.06. The first-order valence-corrected chi connectivity index (χ1v) is 3.76. The Hall–Kier alpha value is -1.29. The van der Waals surface area contributed by atoms with E-state index >= 15 is 0 Å². The summed E-state index contributed by atoms with van der Waals surface area (Å²) < 4.78 is 10.5. The maximum absolute atomic E-state index is 8.78. The Morgan fingerprint density at radius 1 is 1.33 bits per heavy atom. The fourth-order valence-corrected chi connectivity index (χ4v) is 1.06. The lowest BCUT2D eigenvalue weighted by Gasteiger charge is -2.17. The Morgan fingerprint density at radius 2 is 2.17 bits per heavy atom. The zero-order chi connectivity index (χ0) is 8.39. The summed E-state index contributed by atoms with van der Waals surface area (Å²) in [5, 5.41) is 8.78. The van der Waals surface area contributed by atoms with Gasteiger partial charge in [-0.15, -0.1) is 0 Å². The van der Waals surface area contributed by atoms with E-state index in [4.69, 9.17) is 14.6 Å². The predicted octanol–water partition coefficient (Wildman–Crippen LogP) is 0.345. The van der Waals surface area contributed by atoms with Crippen LogP contribution in [0.2, 0.25) is 0 Å². The van der Waals surface area contributed by atoms with E-state index in [-0.39, 0.29) is 6.61 Å². The van der Waals surface area contributed by atoms with Gasteiger partial charge in [0.1, 0.15) is 13.2 Å². The van der Waals surface area contributed by atoms with E-state index in [2.05, 4.69) is 4.98 Å². The van der Waals surface area contributed by atoms with Crippen molar-refractivity contribution in [1.29, 1.82) is 0 Å². The second-order valence-electron chi connectivity index (χ2n) is 2.46. The molecule has 1 aliphatic heterocycles. The summed E-state index contributed by atoms with van der Waals surface area (Å²) in [6.07, 6.45) is 0. The summed E-state index contributed by atoms with van der Waals surface area (Å²) in [6, 6.07) is 3.47. The molecule has 0 radical (unpaired) electrons. The molecule has 0 saturated carbocycles. The Morgan fingerprint density at radius 3 is 3.00 bits per heavy atom. The van der Waals surface area contributed by atoms with Gasteiger partial charge in [-0.25, -0.2) is 4.98 Å². The van der Waals surface area contributed by atoms with Crippen LogP contribution in [0.4, 0.5) is 0 Å². The van der Waals surface area contributed by atoms with Gasteiger partial charge in [0.15, 0.2) is 5.75 Å². The first kappa shape index (κ1) is 7.36. The van der Waals surface area contributed by atoms with Gasteiger partial charge in [0.2, 0.25) is 0 Å². The van der Waals surface area contributed by atoms with Crippen molar-refractivity contribution < 1.29 is 14.6 Å². The Balaban J connectivity index is 2.36. The van der Waals surface area contributed by atoms with Crippen LogP contribution in [0, 0.1) is 0 Å². The molecule has 1 aromatic heterocycles. The van der Waals surface area contributed by atoms with Gasteiger partial charge in [-0.2, -0.15) is 0 Å². The van der Waals surface area contributed by atoms with E-state index in [0.29, 0.717) is 30.5 Å². The summed E-state index contributed by atoms with van der Waals surface area (Å²) >= 11 is 0. The molecule has 0 amide bonds. The monoisotopic (exact) mass is 167 g/mol. The zero-order valence-corrected chi connectivity index (χ0v) is 6.49. The highest BCUT2D eigenvalue weighted by Gasteiger charge is 2.12. The molecule has 2 heterocycles. The van der Waals surface area contributed by atoms with Crippen LogP contribution in [0.3, 0.4) is 0 Å². The predicted molar refractivity (Wildman–Crippen MR) is 41.1 cm³/mol. The number of fused-ring (bicyclic) bond motifs is 1. The van der Waals surface area contributed by atoms with Crippen molar-refractivity contribution in [2.24, 2.45) is 0 Å². The summed E-state index contributed by atoms with van der Waals surface area (Å²) in [7, 11) is 0. The largest absolute Gasteiger partial charge is 0.484 e. The number of aliphatic hydroxyl groups excluding tert-OH is 1. The van der Waals surface area contributed by atoms with E-state index in [1.165, 1.54) is 0 Å². The Kier molecular flexibility index (Phi) is 1.83. The molecule has 0 fully saturated rings. The first-order valence-electron chi connectivity index (χ1n) is 3.76. The van der Waals surface area contributed by atoms with Crippen molar-refractivity contribution in [3.05, 3.63) is 17.8 Å². The molecule has 12 heavy (non-hydrogen) atoms. The zero-order valence-electron chi connectivity index (χ0n) is 6.49. The molecule has 0 unspecified atom stereocenters. The van der Waals surface area contributed by atoms with Crippen LogP contribution in [0.5, 0.6) is 11.6 Å². The SMILES string of the molecule is OCc1ccc2c(n1)OCCO2. The summed E-state index contributed by atoms with van der Waals surface area (Å²) in [5.74, 6) is 1.13. The molecule has 0 saturated heterocycles. The molecule has 4 nitrogen and oxygen atoms in total. The lowest BCUT2D eigenvalue weighted by atomic mass is 10.3. The molecule has 4 heteroatoms. The number of nitrogens with zero attached hydrogens (tertiary/aromatic N) is 1. The molecule has 2 rings (SSSR count). The molecular weight excluding hydrogens is 158 g/mol. The number of aliphatic hydroxyl groups is 1. The van der Waals surface area contributed by atoms with Crippen LogP contribution in [-0.2, 0) is 6.61 Å². The number of rotatable bonds is 1. The third kappa shape index (κ3) is 1.21. The third-order valence-corrected chi connectivity index (χ3v) is 1.62. The van der Waals surface area contributed by atoms with Crippen LogP contribution >= 0.6 is 0 Å². The lowest BCUT2D eigenvalue weighted by molar-refractivity contribution is 0.162. The topological polar surface area (TPSA) is 51.6 Å². The summed E-state index contributed by atoms with van der Waals surface area (Å²) in [5.41, 5.74) is 0.597. The molecule has 0 atom stereocenters. The molecule has 1 N–H and O–H groups in total. The number of hydrogen-bond donors (Lipinski definition) is 1. The lowest BCUT2D eigenvalue weighted by Crippen LogP contribution is -2.16. The maximum atomic E-state index is 8.78. The number of pyridine rings is 1. The molecule has 0 bridgehead atoms. The minimum atomic E-state index is -0.0728. The molecule has 64 valence electrons. The number of hydrogen-bond acceptors (Lipinski definition) is 4. The highest BCUT2D eigenvalue weighted by molar-refractivity contribution is 5.35. The van der Waals surface area contributed by atoms with Crippen molar-refractivity contribution in [2.75, 3.05) is 13.2 Å². The minimum Gasteiger partial charge on any atom is -0.484 e. The standard InChI is InChI=1S/C8H9NO3/c10-5-6-1-2-7-8(9-6)12-4-3-11-7/h1-2,10H,3-5H2. The Labute approximate surface area is 69.8 Å². The van der Waals surface area contributed by atoms with Crippen LogP contribution in [0.15, 0.2) is 12.1 Å². The van der Waals surface area contributed by atoms with Crippen molar-refractivity contribution in [3.63, 3.8) is 0 Å². The fraction of sp³-hybridized carbons (Fsp3) is 0.375. The molecular formula is C8H9NO3. The van der Waals surface area contributed by atoms with Gasteiger partial charge in [0.05, 0.1) is 12.3 Å². The van der Waals surface area contributed by atoms with Crippen molar-refractivity contribution in [3.8, 4) is 11.6 Å². The van der Waals surface area contributed by atoms with Crippen LogP contribution in [-0.4, -0.2) is 23.3 Å². The van der Waals surface area contributed by atoms with Gasteiger partial charge >= 0.3 is 0 Å². The quantitative estimate of drug-likeness (QED) is 0.655. The van der Waals surface area contributed by atoms with Crippen molar-refractivity contribution in [2.45, 2.75) is 6.61 Å². The normalized spacial score (nSPS) is 14.4. The van der Waals surface area contributed by atoms with Crippen molar-refractivity contribution in [1.82, 2.24) is 4.98 Å². The van der Waals surface area contributed by atoms with Gasteiger partial charge in [0, 0.05) is 0 Å². The number of aromatic nitrogens is 1. The van der Waals surface area contributed by atoms with Gasteiger partial charge in [-0.3, -0.25) is 0 Å².